The fourth-order valence-corrected chi connectivity index (χ4v) is 2.58. The molecule has 144 valence electrons. The van der Waals surface area contributed by atoms with Gasteiger partial charge in [-0.15, -0.1) is 0 Å². The van der Waals surface area contributed by atoms with Crippen molar-refractivity contribution in [1.29, 1.82) is 0 Å². The number of amides is 3. The molecule has 3 amide bonds. The van der Waals surface area contributed by atoms with Gasteiger partial charge in [0.1, 0.15) is 6.04 Å². The molecule has 1 unspecified atom stereocenters. The minimum absolute atomic E-state index is 0.0901. The number of anilines is 1. The van der Waals surface area contributed by atoms with Crippen LogP contribution in [0.3, 0.4) is 0 Å². The molecule has 1 atom stereocenters. The van der Waals surface area contributed by atoms with E-state index in [0.29, 0.717) is 17.1 Å². The molecule has 7 heteroatoms. The predicted octanol–water partition coefficient (Wildman–Crippen LogP) is 2.92. The average Bonchev–Trinajstić information content (AvgIpc) is 2.53. The molecular weight excluding hydrogens is 354 g/mol. The van der Waals surface area contributed by atoms with Gasteiger partial charge in [0.15, 0.2) is 0 Å². The topological polar surface area (TPSA) is 78.5 Å². The third-order valence-electron chi connectivity index (χ3n) is 3.75. The van der Waals surface area contributed by atoms with Crippen LogP contribution in [0.2, 0.25) is 5.02 Å². The van der Waals surface area contributed by atoms with E-state index in [2.05, 4.69) is 10.6 Å². The second-order valence-electron chi connectivity index (χ2n) is 7.11. The van der Waals surface area contributed by atoms with Crippen molar-refractivity contribution in [2.45, 2.75) is 40.2 Å². The number of halogens is 1. The summed E-state index contributed by atoms with van der Waals surface area (Å²) in [6, 6.07) is 6.21. The van der Waals surface area contributed by atoms with Crippen molar-refractivity contribution in [3.05, 3.63) is 29.3 Å². The number of para-hydroxylation sites is 1. The monoisotopic (exact) mass is 381 g/mol. The third-order valence-corrected chi connectivity index (χ3v) is 4.08. The average molecular weight is 382 g/mol. The van der Waals surface area contributed by atoms with Crippen molar-refractivity contribution in [1.82, 2.24) is 10.2 Å². The van der Waals surface area contributed by atoms with Crippen molar-refractivity contribution >= 4 is 35.0 Å². The Morgan fingerprint density at radius 3 is 2.23 bits per heavy atom. The molecule has 0 fully saturated rings. The summed E-state index contributed by atoms with van der Waals surface area (Å²) < 4.78 is 0. The van der Waals surface area contributed by atoms with E-state index in [1.54, 1.807) is 31.3 Å². The van der Waals surface area contributed by atoms with Gasteiger partial charge in [0.05, 0.1) is 17.3 Å². The summed E-state index contributed by atoms with van der Waals surface area (Å²) in [5.41, 5.74) is 0.491. The first-order chi connectivity index (χ1) is 12.1. The van der Waals surface area contributed by atoms with Crippen molar-refractivity contribution in [2.75, 3.05) is 18.9 Å². The van der Waals surface area contributed by atoms with Crippen LogP contribution in [-0.2, 0) is 14.4 Å². The standard InChI is InChI=1S/C19H28ClN3O3/c1-12(2)10-16(24)22-18(13(3)4)19(26)23(5)11-17(25)21-15-9-7-6-8-14(15)20/h6-9,12-13,18H,10-11H2,1-5H3,(H,21,25)(H,22,24). The number of nitrogens with one attached hydrogen (secondary N) is 2. The maximum atomic E-state index is 12.7. The molecule has 1 aromatic rings. The van der Waals surface area contributed by atoms with Crippen LogP contribution in [0.1, 0.15) is 34.1 Å². The van der Waals surface area contributed by atoms with E-state index in [0.717, 1.165) is 0 Å². The summed E-state index contributed by atoms with van der Waals surface area (Å²) in [4.78, 5) is 38.2. The van der Waals surface area contributed by atoms with E-state index in [4.69, 9.17) is 11.6 Å². The molecule has 26 heavy (non-hydrogen) atoms. The maximum absolute atomic E-state index is 12.7. The molecule has 0 bridgehead atoms. The molecule has 1 rings (SSSR count). The number of benzene rings is 1. The van der Waals surface area contributed by atoms with Gasteiger partial charge in [0, 0.05) is 13.5 Å². The highest BCUT2D eigenvalue weighted by Crippen LogP contribution is 2.20. The Balaban J connectivity index is 2.69. The predicted molar refractivity (Wildman–Crippen MR) is 104 cm³/mol. The normalized spacial score (nSPS) is 12.0. The van der Waals surface area contributed by atoms with Gasteiger partial charge in [-0.05, 0) is 24.0 Å². The first-order valence-electron chi connectivity index (χ1n) is 8.70. The third kappa shape index (κ3) is 7.04. The summed E-state index contributed by atoms with van der Waals surface area (Å²) in [5, 5.41) is 5.88. The molecule has 0 aromatic heterocycles. The second-order valence-corrected chi connectivity index (χ2v) is 7.52. The van der Waals surface area contributed by atoms with Gasteiger partial charge in [0.25, 0.3) is 0 Å². The summed E-state index contributed by atoms with van der Waals surface area (Å²) in [6.07, 6.45) is 0.354. The minimum atomic E-state index is -0.667. The van der Waals surface area contributed by atoms with E-state index in [9.17, 15) is 14.4 Å². The fraction of sp³-hybridized carbons (Fsp3) is 0.526. The van der Waals surface area contributed by atoms with Crippen LogP contribution >= 0.6 is 11.6 Å². The van der Waals surface area contributed by atoms with Crippen LogP contribution in [0.25, 0.3) is 0 Å². The molecule has 0 aliphatic carbocycles. The molecule has 0 saturated carbocycles. The Morgan fingerprint density at radius 2 is 1.69 bits per heavy atom. The SMILES string of the molecule is CC(C)CC(=O)NC(C(=O)N(C)CC(=O)Nc1ccccc1Cl)C(C)C. The van der Waals surface area contributed by atoms with Crippen molar-refractivity contribution < 1.29 is 14.4 Å². The quantitative estimate of drug-likeness (QED) is 0.726. The first-order valence-corrected chi connectivity index (χ1v) is 9.08. The number of rotatable bonds is 8. The molecule has 2 N–H and O–H groups in total. The lowest BCUT2D eigenvalue weighted by Crippen LogP contribution is -2.51. The summed E-state index contributed by atoms with van der Waals surface area (Å²) >= 11 is 6.02. The van der Waals surface area contributed by atoms with E-state index < -0.39 is 6.04 Å². The number of carbonyl (C=O) groups excluding carboxylic acids is 3. The molecule has 0 radical (unpaired) electrons. The molecule has 6 nitrogen and oxygen atoms in total. The Kier molecular flexibility index (Phi) is 8.58. The first kappa shape index (κ1) is 22.0. The maximum Gasteiger partial charge on any atom is 0.245 e. The van der Waals surface area contributed by atoms with Gasteiger partial charge < -0.3 is 15.5 Å². The zero-order chi connectivity index (χ0) is 19.9. The van der Waals surface area contributed by atoms with Crippen molar-refractivity contribution in [3.8, 4) is 0 Å². The number of carbonyl (C=O) groups is 3. The Labute approximate surface area is 160 Å². The molecule has 0 spiro atoms. The van der Waals surface area contributed by atoms with Gasteiger partial charge in [-0.25, -0.2) is 0 Å². The van der Waals surface area contributed by atoms with Crippen LogP contribution in [0.15, 0.2) is 24.3 Å². The fourth-order valence-electron chi connectivity index (χ4n) is 2.40. The molecule has 0 saturated heterocycles. The van der Waals surface area contributed by atoms with Crippen molar-refractivity contribution in [3.63, 3.8) is 0 Å². The number of hydrogen-bond donors (Lipinski definition) is 2. The van der Waals surface area contributed by atoms with E-state index in [1.165, 1.54) is 4.90 Å². The Hall–Kier alpha value is -2.08. The number of nitrogens with zero attached hydrogens (tertiary/aromatic N) is 1. The molecule has 0 aliphatic heterocycles. The number of hydrogen-bond acceptors (Lipinski definition) is 3. The highest BCUT2D eigenvalue weighted by atomic mass is 35.5. The lowest BCUT2D eigenvalue weighted by molar-refractivity contribution is -0.138. The largest absolute Gasteiger partial charge is 0.344 e. The van der Waals surface area contributed by atoms with E-state index >= 15 is 0 Å². The highest BCUT2D eigenvalue weighted by molar-refractivity contribution is 6.33. The van der Waals surface area contributed by atoms with Crippen LogP contribution in [0, 0.1) is 11.8 Å². The number of likely N-dealkylation sites (N-methyl/N-ethyl adjacent to an activating group) is 1. The molecule has 1 aromatic carbocycles. The van der Waals surface area contributed by atoms with Gasteiger partial charge in [-0.2, -0.15) is 0 Å². The van der Waals surface area contributed by atoms with Crippen molar-refractivity contribution in [2.24, 2.45) is 11.8 Å². The summed E-state index contributed by atoms with van der Waals surface area (Å²) in [5.74, 6) is -0.706. The minimum Gasteiger partial charge on any atom is -0.344 e. The van der Waals surface area contributed by atoms with Gasteiger partial charge >= 0.3 is 0 Å². The summed E-state index contributed by atoms with van der Waals surface area (Å²) in [6.45, 7) is 7.47. The van der Waals surface area contributed by atoms with Crippen LogP contribution in [0.4, 0.5) is 5.69 Å². The molecule has 0 aliphatic rings. The zero-order valence-electron chi connectivity index (χ0n) is 16.0. The Bertz CT molecular complexity index is 647. The second kappa shape index (κ2) is 10.2. The van der Waals surface area contributed by atoms with Gasteiger partial charge in [-0.1, -0.05) is 51.4 Å². The van der Waals surface area contributed by atoms with Gasteiger partial charge in [-0.3, -0.25) is 14.4 Å². The Morgan fingerprint density at radius 1 is 1.08 bits per heavy atom. The smallest absolute Gasteiger partial charge is 0.245 e. The van der Waals surface area contributed by atoms with Gasteiger partial charge in [0.2, 0.25) is 17.7 Å². The van der Waals surface area contributed by atoms with Crippen LogP contribution in [-0.4, -0.2) is 42.3 Å². The molecular formula is C19H28ClN3O3. The van der Waals surface area contributed by atoms with E-state index in [1.807, 2.05) is 27.7 Å². The lowest BCUT2D eigenvalue weighted by atomic mass is 10.0. The van der Waals surface area contributed by atoms with Crippen LogP contribution < -0.4 is 10.6 Å². The van der Waals surface area contributed by atoms with E-state index in [-0.39, 0.29) is 36.1 Å². The van der Waals surface area contributed by atoms with Crippen LogP contribution in [0.5, 0.6) is 0 Å². The highest BCUT2D eigenvalue weighted by Gasteiger charge is 2.28. The zero-order valence-corrected chi connectivity index (χ0v) is 16.8. The molecule has 0 heterocycles. The summed E-state index contributed by atoms with van der Waals surface area (Å²) in [7, 11) is 1.54. The lowest BCUT2D eigenvalue weighted by Gasteiger charge is -2.27.